The molecule has 2 saturated heterocycles. The quantitative estimate of drug-likeness (QED) is 0.293. The molecule has 5 rings (SSSR count). The van der Waals surface area contributed by atoms with Crippen LogP contribution in [0.1, 0.15) is 46.7 Å². The number of rotatable bonds is 10. The van der Waals surface area contributed by atoms with Crippen LogP contribution in [0.25, 0.3) is 11.3 Å². The van der Waals surface area contributed by atoms with Crippen molar-refractivity contribution in [2.24, 2.45) is 0 Å². The molecule has 0 saturated carbocycles. The standard InChI is InChI=1S/C32H35ClF4N6O3/c1-3-22-19-42(31(45)23-8-7-20(33)16-25(23)32(35,36)37)14-15-43(22)27-10-9-26(24-6-5-11-39-30(24)46-4-2)40-28(27)29(44)38-12-13-41-17-21(34)18-41/h5-11,16,21-22H,3-4,12-15,17-19H2,1-2H3,(H,38,44)/t22-/m1/s1. The number of nitrogens with one attached hydrogen (secondary N) is 1. The summed E-state index contributed by atoms with van der Waals surface area (Å²) in [7, 11) is 0. The van der Waals surface area contributed by atoms with Crippen LogP contribution in [-0.2, 0) is 6.18 Å². The molecular weight excluding hydrogens is 628 g/mol. The molecule has 246 valence electrons. The van der Waals surface area contributed by atoms with E-state index in [4.69, 9.17) is 21.3 Å². The number of hydrogen-bond acceptors (Lipinski definition) is 7. The number of alkyl halides is 4. The van der Waals surface area contributed by atoms with Crippen molar-refractivity contribution in [1.82, 2.24) is 25.1 Å². The van der Waals surface area contributed by atoms with Gasteiger partial charge in [-0.25, -0.2) is 14.4 Å². The van der Waals surface area contributed by atoms with Gasteiger partial charge in [0.25, 0.3) is 11.8 Å². The molecule has 1 N–H and O–H groups in total. The molecular formula is C32H35ClF4N6O3. The Bertz CT molecular complexity index is 1570. The summed E-state index contributed by atoms with van der Waals surface area (Å²) in [5.74, 6) is -0.801. The zero-order valence-electron chi connectivity index (χ0n) is 25.5. The molecule has 4 heterocycles. The van der Waals surface area contributed by atoms with Crippen LogP contribution in [0.5, 0.6) is 5.88 Å². The molecule has 2 amide bonds. The molecule has 1 aromatic carbocycles. The van der Waals surface area contributed by atoms with Crippen LogP contribution in [0.15, 0.2) is 48.7 Å². The lowest BCUT2D eigenvalue weighted by Crippen LogP contribution is -2.55. The van der Waals surface area contributed by atoms with Gasteiger partial charge in [-0.3, -0.25) is 14.5 Å². The van der Waals surface area contributed by atoms with Crippen molar-refractivity contribution in [2.75, 3.05) is 57.3 Å². The number of benzene rings is 1. The molecule has 0 bridgehead atoms. The van der Waals surface area contributed by atoms with Crippen LogP contribution >= 0.6 is 11.6 Å². The zero-order chi connectivity index (χ0) is 33.0. The van der Waals surface area contributed by atoms with Crippen molar-refractivity contribution in [3.63, 3.8) is 0 Å². The summed E-state index contributed by atoms with van der Waals surface area (Å²) in [6, 6.07) is 9.90. The number of aromatic nitrogens is 2. The SMILES string of the molecule is CCOc1ncccc1-c1ccc(N2CCN(C(=O)c3ccc(Cl)cc3C(F)(F)F)C[C@H]2CC)c(C(=O)NCCN2CC(F)C2)n1. The normalized spacial score (nSPS) is 17.5. The monoisotopic (exact) mass is 662 g/mol. The van der Waals surface area contributed by atoms with Crippen LogP contribution in [0.3, 0.4) is 0 Å². The zero-order valence-corrected chi connectivity index (χ0v) is 26.2. The Morgan fingerprint density at radius 1 is 1.09 bits per heavy atom. The van der Waals surface area contributed by atoms with Crippen molar-refractivity contribution in [3.8, 4) is 17.1 Å². The van der Waals surface area contributed by atoms with Gasteiger partial charge < -0.3 is 19.9 Å². The number of piperazine rings is 1. The van der Waals surface area contributed by atoms with Crippen molar-refractivity contribution in [1.29, 1.82) is 0 Å². The number of carbonyl (C=O) groups is 2. The third-order valence-corrected chi connectivity index (χ3v) is 8.35. The fourth-order valence-corrected chi connectivity index (χ4v) is 5.93. The molecule has 46 heavy (non-hydrogen) atoms. The molecule has 0 unspecified atom stereocenters. The molecule has 14 heteroatoms. The van der Waals surface area contributed by atoms with Crippen LogP contribution in [0.4, 0.5) is 23.2 Å². The lowest BCUT2D eigenvalue weighted by atomic mass is 10.0. The van der Waals surface area contributed by atoms with Gasteiger partial charge in [0, 0.05) is 63.1 Å². The average molecular weight is 663 g/mol. The minimum absolute atomic E-state index is 0.113. The number of halogens is 5. The molecule has 0 radical (unpaired) electrons. The first-order valence-electron chi connectivity index (χ1n) is 15.2. The number of carbonyl (C=O) groups excluding carboxylic acids is 2. The Labute approximate surface area is 269 Å². The molecule has 2 aromatic heterocycles. The highest BCUT2D eigenvalue weighted by molar-refractivity contribution is 6.30. The second kappa shape index (κ2) is 14.2. The Morgan fingerprint density at radius 2 is 1.87 bits per heavy atom. The number of pyridine rings is 2. The summed E-state index contributed by atoms with van der Waals surface area (Å²) in [6.45, 7) is 6.07. The number of hydrogen-bond donors (Lipinski definition) is 1. The predicted molar refractivity (Wildman–Crippen MR) is 166 cm³/mol. The van der Waals surface area contributed by atoms with E-state index in [1.165, 1.54) is 11.0 Å². The smallest absolute Gasteiger partial charge is 0.417 e. The first kappa shape index (κ1) is 33.4. The minimum Gasteiger partial charge on any atom is -0.477 e. The van der Waals surface area contributed by atoms with Crippen molar-refractivity contribution >= 4 is 29.1 Å². The van der Waals surface area contributed by atoms with Gasteiger partial charge in [0.15, 0.2) is 5.69 Å². The van der Waals surface area contributed by atoms with Gasteiger partial charge in [-0.05, 0) is 55.8 Å². The summed E-state index contributed by atoms with van der Waals surface area (Å²) in [4.78, 5) is 41.4. The molecule has 9 nitrogen and oxygen atoms in total. The van der Waals surface area contributed by atoms with E-state index in [9.17, 15) is 27.2 Å². The maximum atomic E-state index is 13.8. The van der Waals surface area contributed by atoms with Gasteiger partial charge in [-0.15, -0.1) is 0 Å². The average Bonchev–Trinajstić information content (AvgIpc) is 3.03. The third-order valence-electron chi connectivity index (χ3n) is 8.11. The Balaban J connectivity index is 1.42. The second-order valence-electron chi connectivity index (χ2n) is 11.2. The highest BCUT2D eigenvalue weighted by Gasteiger charge is 2.38. The van der Waals surface area contributed by atoms with E-state index in [-0.39, 0.29) is 42.9 Å². The lowest BCUT2D eigenvalue weighted by Gasteiger charge is -2.43. The van der Waals surface area contributed by atoms with Gasteiger partial charge in [0.2, 0.25) is 5.88 Å². The molecule has 1 atom stereocenters. The Kier molecular flexibility index (Phi) is 10.3. The number of anilines is 1. The fraction of sp³-hybridized carbons (Fsp3) is 0.438. The van der Waals surface area contributed by atoms with Gasteiger partial charge in [0.1, 0.15) is 6.17 Å². The van der Waals surface area contributed by atoms with Crippen LogP contribution in [0.2, 0.25) is 5.02 Å². The minimum atomic E-state index is -4.75. The number of likely N-dealkylation sites (tertiary alicyclic amines) is 1. The Hall–Kier alpha value is -3.97. The first-order valence-corrected chi connectivity index (χ1v) is 15.5. The molecule has 2 aliphatic rings. The largest absolute Gasteiger partial charge is 0.477 e. The number of ether oxygens (including phenoxy) is 1. The Morgan fingerprint density at radius 3 is 2.57 bits per heavy atom. The first-order chi connectivity index (χ1) is 22.0. The van der Waals surface area contributed by atoms with Gasteiger partial charge in [0.05, 0.1) is 34.7 Å². The van der Waals surface area contributed by atoms with Crippen molar-refractivity contribution in [3.05, 3.63) is 70.5 Å². The molecule has 2 fully saturated rings. The van der Waals surface area contributed by atoms with E-state index in [1.807, 2.05) is 23.6 Å². The maximum absolute atomic E-state index is 13.8. The molecule has 3 aromatic rings. The van der Waals surface area contributed by atoms with Gasteiger partial charge in [-0.2, -0.15) is 13.2 Å². The maximum Gasteiger partial charge on any atom is 0.417 e. The fourth-order valence-electron chi connectivity index (χ4n) is 5.75. The summed E-state index contributed by atoms with van der Waals surface area (Å²) >= 11 is 5.83. The summed E-state index contributed by atoms with van der Waals surface area (Å²) < 4.78 is 60.3. The van der Waals surface area contributed by atoms with E-state index >= 15 is 0 Å². The van der Waals surface area contributed by atoms with Gasteiger partial charge in [-0.1, -0.05) is 18.5 Å². The summed E-state index contributed by atoms with van der Waals surface area (Å²) in [5.41, 5.74) is 0.196. The summed E-state index contributed by atoms with van der Waals surface area (Å²) in [5, 5.41) is 2.78. The third kappa shape index (κ3) is 7.36. The van der Waals surface area contributed by atoms with Crippen LogP contribution in [0, 0.1) is 0 Å². The number of nitrogens with zero attached hydrogens (tertiary/aromatic N) is 5. The van der Waals surface area contributed by atoms with Crippen molar-refractivity contribution in [2.45, 2.75) is 38.7 Å². The van der Waals surface area contributed by atoms with E-state index in [2.05, 4.69) is 10.3 Å². The van der Waals surface area contributed by atoms with E-state index in [0.29, 0.717) is 55.5 Å². The van der Waals surface area contributed by atoms with Crippen LogP contribution in [-0.4, -0.2) is 96.2 Å². The lowest BCUT2D eigenvalue weighted by molar-refractivity contribution is -0.138. The van der Waals surface area contributed by atoms with Crippen molar-refractivity contribution < 1.29 is 31.9 Å². The van der Waals surface area contributed by atoms with E-state index in [1.54, 1.807) is 30.5 Å². The second-order valence-corrected chi connectivity index (χ2v) is 11.6. The highest BCUT2D eigenvalue weighted by Crippen LogP contribution is 2.36. The van der Waals surface area contributed by atoms with Gasteiger partial charge >= 0.3 is 6.18 Å². The van der Waals surface area contributed by atoms with E-state index < -0.39 is 35.3 Å². The highest BCUT2D eigenvalue weighted by atomic mass is 35.5. The summed E-state index contributed by atoms with van der Waals surface area (Å²) in [6.07, 6.45) is -3.47. The van der Waals surface area contributed by atoms with E-state index in [0.717, 1.165) is 12.1 Å². The predicted octanol–water partition coefficient (Wildman–Crippen LogP) is 5.34. The molecule has 2 aliphatic heterocycles. The molecule has 0 aliphatic carbocycles. The topological polar surface area (TPSA) is 90.9 Å². The molecule has 0 spiro atoms. The van der Waals surface area contributed by atoms with Crippen LogP contribution < -0.4 is 15.0 Å². The number of amides is 2.